The summed E-state index contributed by atoms with van der Waals surface area (Å²) in [5, 5.41) is 5.85. The maximum atomic E-state index is 12.3. The number of carbonyl (C=O) groups is 1. The standard InChI is InChI=1S/C20H27N3O.ClH/c1-2-22(12-9-20(24)23-13-10-21-11-14-23)16-17-7-8-18-5-3-4-6-19(18)15-17;/h3-8,15,21H,2,9-14,16H2,1H3;1H. The Morgan fingerprint density at radius 3 is 2.56 bits per heavy atom. The van der Waals surface area contributed by atoms with Gasteiger partial charge in [0.1, 0.15) is 0 Å². The Bertz CT molecular complexity index is 685. The van der Waals surface area contributed by atoms with Crippen LogP contribution in [0.5, 0.6) is 0 Å². The third-order valence-electron chi connectivity index (χ3n) is 4.78. The summed E-state index contributed by atoms with van der Waals surface area (Å²) < 4.78 is 0. The van der Waals surface area contributed by atoms with Gasteiger partial charge in [-0.3, -0.25) is 9.69 Å². The number of nitrogens with one attached hydrogen (secondary N) is 1. The number of halogens is 1. The fourth-order valence-electron chi connectivity index (χ4n) is 3.27. The number of carbonyl (C=O) groups excluding carboxylic acids is 1. The van der Waals surface area contributed by atoms with Crippen molar-refractivity contribution in [3.05, 3.63) is 48.0 Å². The van der Waals surface area contributed by atoms with E-state index in [2.05, 4.69) is 59.6 Å². The summed E-state index contributed by atoms with van der Waals surface area (Å²) in [6, 6.07) is 15.1. The predicted octanol–water partition coefficient (Wildman–Crippen LogP) is 2.91. The van der Waals surface area contributed by atoms with Gasteiger partial charge in [0.2, 0.25) is 5.91 Å². The molecule has 2 aromatic carbocycles. The summed E-state index contributed by atoms with van der Waals surface area (Å²) in [5.74, 6) is 0.286. The van der Waals surface area contributed by atoms with E-state index in [0.29, 0.717) is 6.42 Å². The van der Waals surface area contributed by atoms with Gasteiger partial charge in [-0.25, -0.2) is 0 Å². The molecule has 1 fully saturated rings. The second-order valence-electron chi connectivity index (χ2n) is 6.43. The molecule has 2 aromatic rings. The van der Waals surface area contributed by atoms with Crippen LogP contribution in [0.2, 0.25) is 0 Å². The molecule has 1 aliphatic rings. The van der Waals surface area contributed by atoms with Crippen LogP contribution in [-0.2, 0) is 11.3 Å². The molecule has 3 rings (SSSR count). The molecule has 1 aliphatic heterocycles. The third kappa shape index (κ3) is 5.43. The van der Waals surface area contributed by atoms with Crippen LogP contribution < -0.4 is 5.32 Å². The summed E-state index contributed by atoms with van der Waals surface area (Å²) in [4.78, 5) is 16.7. The number of hydrogen-bond acceptors (Lipinski definition) is 3. The van der Waals surface area contributed by atoms with Crippen LogP contribution in [0.3, 0.4) is 0 Å². The minimum atomic E-state index is 0. The number of amides is 1. The number of benzene rings is 2. The minimum Gasteiger partial charge on any atom is -0.340 e. The van der Waals surface area contributed by atoms with Crippen molar-refractivity contribution in [2.45, 2.75) is 19.9 Å². The highest BCUT2D eigenvalue weighted by Crippen LogP contribution is 2.17. The summed E-state index contributed by atoms with van der Waals surface area (Å²) in [7, 11) is 0. The molecule has 1 amide bonds. The van der Waals surface area contributed by atoms with Crippen molar-refractivity contribution in [3.63, 3.8) is 0 Å². The van der Waals surface area contributed by atoms with Crippen molar-refractivity contribution in [1.82, 2.24) is 15.1 Å². The molecule has 0 spiro atoms. The van der Waals surface area contributed by atoms with E-state index in [0.717, 1.165) is 45.8 Å². The molecule has 0 aliphatic carbocycles. The number of nitrogens with zero attached hydrogens (tertiary/aromatic N) is 2. The van der Waals surface area contributed by atoms with Crippen LogP contribution in [0.15, 0.2) is 42.5 Å². The van der Waals surface area contributed by atoms with Gasteiger partial charge in [-0.2, -0.15) is 0 Å². The highest BCUT2D eigenvalue weighted by Gasteiger charge is 2.16. The fraction of sp³-hybridized carbons (Fsp3) is 0.450. The van der Waals surface area contributed by atoms with Gasteiger partial charge in [-0.05, 0) is 28.9 Å². The van der Waals surface area contributed by atoms with Crippen molar-refractivity contribution in [3.8, 4) is 0 Å². The van der Waals surface area contributed by atoms with Gasteiger partial charge >= 0.3 is 0 Å². The SMILES string of the molecule is CCN(CCC(=O)N1CCNCC1)Cc1ccc2ccccc2c1.Cl. The highest BCUT2D eigenvalue weighted by atomic mass is 35.5. The normalized spacial score (nSPS) is 14.6. The lowest BCUT2D eigenvalue weighted by molar-refractivity contribution is -0.132. The molecular formula is C20H28ClN3O. The molecule has 25 heavy (non-hydrogen) atoms. The Morgan fingerprint density at radius 2 is 1.84 bits per heavy atom. The van der Waals surface area contributed by atoms with Crippen LogP contribution in [-0.4, -0.2) is 55.0 Å². The van der Waals surface area contributed by atoms with Gasteiger partial charge in [0.25, 0.3) is 0 Å². The number of fused-ring (bicyclic) bond motifs is 1. The van der Waals surface area contributed by atoms with E-state index in [9.17, 15) is 4.79 Å². The molecule has 1 heterocycles. The van der Waals surface area contributed by atoms with E-state index < -0.39 is 0 Å². The zero-order valence-electron chi connectivity index (χ0n) is 14.9. The zero-order valence-corrected chi connectivity index (χ0v) is 15.7. The lowest BCUT2D eigenvalue weighted by atomic mass is 10.1. The van der Waals surface area contributed by atoms with E-state index >= 15 is 0 Å². The molecule has 0 unspecified atom stereocenters. The van der Waals surface area contributed by atoms with Gasteiger partial charge in [0.05, 0.1) is 0 Å². The molecule has 0 saturated carbocycles. The average molecular weight is 362 g/mol. The first kappa shape index (κ1) is 19.7. The summed E-state index contributed by atoms with van der Waals surface area (Å²) >= 11 is 0. The number of hydrogen-bond donors (Lipinski definition) is 1. The lowest BCUT2D eigenvalue weighted by Gasteiger charge is -2.28. The quantitative estimate of drug-likeness (QED) is 0.859. The highest BCUT2D eigenvalue weighted by molar-refractivity contribution is 5.85. The van der Waals surface area contributed by atoms with Gasteiger partial charge in [-0.15, -0.1) is 12.4 Å². The largest absolute Gasteiger partial charge is 0.340 e. The number of rotatable bonds is 6. The molecular weight excluding hydrogens is 334 g/mol. The smallest absolute Gasteiger partial charge is 0.223 e. The molecule has 0 bridgehead atoms. The Hall–Kier alpha value is -1.62. The molecule has 136 valence electrons. The Morgan fingerprint density at radius 1 is 1.12 bits per heavy atom. The summed E-state index contributed by atoms with van der Waals surface area (Å²) in [6.45, 7) is 8.37. The molecule has 5 heteroatoms. The van der Waals surface area contributed by atoms with Gasteiger partial charge in [0.15, 0.2) is 0 Å². The lowest BCUT2D eigenvalue weighted by Crippen LogP contribution is -2.47. The molecule has 0 aromatic heterocycles. The minimum absolute atomic E-state index is 0. The van der Waals surface area contributed by atoms with Gasteiger partial charge < -0.3 is 10.2 Å². The van der Waals surface area contributed by atoms with E-state index in [1.54, 1.807) is 0 Å². The Kier molecular flexibility index (Phi) is 7.69. The third-order valence-corrected chi connectivity index (χ3v) is 4.78. The number of piperazine rings is 1. The van der Waals surface area contributed by atoms with E-state index in [-0.39, 0.29) is 18.3 Å². The van der Waals surface area contributed by atoms with E-state index in [4.69, 9.17) is 0 Å². The van der Waals surface area contributed by atoms with Crippen molar-refractivity contribution >= 4 is 29.1 Å². The Labute approximate surface area is 156 Å². The van der Waals surface area contributed by atoms with Crippen LogP contribution in [0.1, 0.15) is 18.9 Å². The van der Waals surface area contributed by atoms with Crippen molar-refractivity contribution in [2.75, 3.05) is 39.3 Å². The average Bonchev–Trinajstić information content (AvgIpc) is 2.65. The summed E-state index contributed by atoms with van der Waals surface area (Å²) in [6.07, 6.45) is 0.613. The first-order chi connectivity index (χ1) is 11.8. The topological polar surface area (TPSA) is 35.6 Å². The molecule has 4 nitrogen and oxygen atoms in total. The second-order valence-corrected chi connectivity index (χ2v) is 6.43. The zero-order chi connectivity index (χ0) is 16.8. The first-order valence-corrected chi connectivity index (χ1v) is 8.95. The Balaban J connectivity index is 0.00000225. The molecule has 0 radical (unpaired) electrons. The van der Waals surface area contributed by atoms with Gasteiger partial charge in [-0.1, -0.05) is 43.3 Å². The van der Waals surface area contributed by atoms with Crippen molar-refractivity contribution < 1.29 is 4.79 Å². The first-order valence-electron chi connectivity index (χ1n) is 8.95. The maximum absolute atomic E-state index is 12.3. The van der Waals surface area contributed by atoms with Crippen LogP contribution in [0.25, 0.3) is 10.8 Å². The van der Waals surface area contributed by atoms with Gasteiger partial charge in [0, 0.05) is 45.7 Å². The van der Waals surface area contributed by atoms with Crippen molar-refractivity contribution in [1.29, 1.82) is 0 Å². The maximum Gasteiger partial charge on any atom is 0.223 e. The van der Waals surface area contributed by atoms with Crippen molar-refractivity contribution in [2.24, 2.45) is 0 Å². The fourth-order valence-corrected chi connectivity index (χ4v) is 3.27. The monoisotopic (exact) mass is 361 g/mol. The predicted molar refractivity (Wildman–Crippen MR) is 106 cm³/mol. The van der Waals surface area contributed by atoms with Crippen LogP contribution in [0.4, 0.5) is 0 Å². The van der Waals surface area contributed by atoms with Crippen LogP contribution >= 0.6 is 12.4 Å². The molecule has 1 N–H and O–H groups in total. The molecule has 1 saturated heterocycles. The van der Waals surface area contributed by atoms with E-state index in [1.165, 1.54) is 16.3 Å². The summed E-state index contributed by atoms with van der Waals surface area (Å²) in [5.41, 5.74) is 1.31. The second kappa shape index (κ2) is 9.76. The van der Waals surface area contributed by atoms with E-state index in [1.807, 2.05) is 4.90 Å². The molecule has 0 atom stereocenters. The van der Waals surface area contributed by atoms with Crippen LogP contribution in [0, 0.1) is 0 Å².